The Balaban J connectivity index is 1.45. The van der Waals surface area contributed by atoms with Gasteiger partial charge in [0.25, 0.3) is 0 Å². The van der Waals surface area contributed by atoms with Crippen molar-refractivity contribution in [3.05, 3.63) is 64.6 Å². The van der Waals surface area contributed by atoms with Crippen molar-refractivity contribution < 1.29 is 5.11 Å². The van der Waals surface area contributed by atoms with Crippen LogP contribution in [0.5, 0.6) is 0 Å². The number of nitrogens with zero attached hydrogens (tertiary/aromatic N) is 1. The molecule has 2 heterocycles. The van der Waals surface area contributed by atoms with E-state index >= 15 is 0 Å². The molecule has 2 atom stereocenters. The van der Waals surface area contributed by atoms with E-state index in [1.54, 1.807) is 11.3 Å². The molecule has 3 nitrogen and oxygen atoms in total. The SMILES string of the molecule is C[C@H](CCCC(C)(O)c1ccsc1)NCc1ccc2cnccc2c1. The Morgan fingerprint density at radius 3 is 2.92 bits per heavy atom. The Labute approximate surface area is 153 Å². The van der Waals surface area contributed by atoms with Gasteiger partial charge in [0.2, 0.25) is 0 Å². The highest BCUT2D eigenvalue weighted by atomic mass is 32.1. The highest BCUT2D eigenvalue weighted by molar-refractivity contribution is 7.08. The number of fused-ring (bicyclic) bond motifs is 1. The summed E-state index contributed by atoms with van der Waals surface area (Å²) in [6, 6.07) is 11.0. The summed E-state index contributed by atoms with van der Waals surface area (Å²) >= 11 is 1.64. The van der Waals surface area contributed by atoms with Crippen LogP contribution in [0.2, 0.25) is 0 Å². The molecule has 0 saturated heterocycles. The Hall–Kier alpha value is -1.75. The van der Waals surface area contributed by atoms with Crippen LogP contribution in [-0.2, 0) is 12.1 Å². The molecule has 4 heteroatoms. The van der Waals surface area contributed by atoms with Gasteiger partial charge in [0.05, 0.1) is 5.60 Å². The van der Waals surface area contributed by atoms with E-state index in [1.165, 1.54) is 16.3 Å². The molecular formula is C21H26N2OS. The van der Waals surface area contributed by atoms with Crippen molar-refractivity contribution in [2.45, 2.75) is 51.3 Å². The summed E-state index contributed by atoms with van der Waals surface area (Å²) in [6.07, 6.45) is 6.58. The van der Waals surface area contributed by atoms with E-state index < -0.39 is 5.60 Å². The molecule has 0 fully saturated rings. The zero-order chi connectivity index (χ0) is 17.7. The number of aliphatic hydroxyl groups is 1. The third kappa shape index (κ3) is 4.88. The Morgan fingerprint density at radius 1 is 1.24 bits per heavy atom. The smallest absolute Gasteiger partial charge is 0.0876 e. The molecule has 0 bridgehead atoms. The number of benzene rings is 1. The number of rotatable bonds is 8. The molecule has 2 N–H and O–H groups in total. The number of aromatic nitrogens is 1. The molecule has 0 amide bonds. The van der Waals surface area contributed by atoms with Gasteiger partial charge < -0.3 is 10.4 Å². The lowest BCUT2D eigenvalue weighted by Crippen LogP contribution is -2.27. The number of nitrogens with one attached hydrogen (secondary N) is 1. The highest BCUT2D eigenvalue weighted by Crippen LogP contribution is 2.28. The summed E-state index contributed by atoms with van der Waals surface area (Å²) < 4.78 is 0. The molecule has 2 aromatic heterocycles. The fraction of sp³-hybridized carbons (Fsp3) is 0.381. The largest absolute Gasteiger partial charge is 0.385 e. The summed E-state index contributed by atoms with van der Waals surface area (Å²) in [7, 11) is 0. The van der Waals surface area contributed by atoms with Gasteiger partial charge in [-0.15, -0.1) is 0 Å². The van der Waals surface area contributed by atoms with Crippen LogP contribution in [0.3, 0.4) is 0 Å². The Bertz CT molecular complexity index is 799. The summed E-state index contributed by atoms with van der Waals surface area (Å²) in [5.74, 6) is 0. The minimum Gasteiger partial charge on any atom is -0.385 e. The molecule has 25 heavy (non-hydrogen) atoms. The van der Waals surface area contributed by atoms with Gasteiger partial charge in [-0.05, 0) is 78.6 Å². The van der Waals surface area contributed by atoms with E-state index in [4.69, 9.17) is 0 Å². The molecule has 1 unspecified atom stereocenters. The van der Waals surface area contributed by atoms with Gasteiger partial charge in [0, 0.05) is 30.4 Å². The second-order valence-electron chi connectivity index (χ2n) is 7.02. The molecule has 1 aromatic carbocycles. The van der Waals surface area contributed by atoms with E-state index in [0.717, 1.165) is 31.4 Å². The first-order valence-electron chi connectivity index (χ1n) is 8.86. The van der Waals surface area contributed by atoms with E-state index in [0.29, 0.717) is 6.04 Å². The van der Waals surface area contributed by atoms with Crippen LogP contribution in [0.15, 0.2) is 53.5 Å². The summed E-state index contributed by atoms with van der Waals surface area (Å²) in [6.45, 7) is 4.99. The van der Waals surface area contributed by atoms with Crippen molar-refractivity contribution in [1.29, 1.82) is 0 Å². The second kappa shape index (κ2) is 8.09. The number of hydrogen-bond acceptors (Lipinski definition) is 4. The monoisotopic (exact) mass is 354 g/mol. The van der Waals surface area contributed by atoms with Gasteiger partial charge >= 0.3 is 0 Å². The normalized spacial score (nSPS) is 15.2. The van der Waals surface area contributed by atoms with Crippen molar-refractivity contribution in [1.82, 2.24) is 10.3 Å². The number of thiophene rings is 1. The average Bonchev–Trinajstić information content (AvgIpc) is 3.15. The van der Waals surface area contributed by atoms with Crippen molar-refractivity contribution in [3.63, 3.8) is 0 Å². The van der Waals surface area contributed by atoms with Crippen molar-refractivity contribution in [3.8, 4) is 0 Å². The minimum absolute atomic E-state index is 0.423. The van der Waals surface area contributed by atoms with Gasteiger partial charge in [-0.3, -0.25) is 4.98 Å². The molecule has 132 valence electrons. The quantitative estimate of drug-likeness (QED) is 0.608. The number of pyridine rings is 1. The minimum atomic E-state index is -0.716. The van der Waals surface area contributed by atoms with Crippen molar-refractivity contribution in [2.75, 3.05) is 0 Å². The van der Waals surface area contributed by atoms with Crippen LogP contribution in [0.25, 0.3) is 10.8 Å². The van der Waals surface area contributed by atoms with Gasteiger partial charge in [-0.25, -0.2) is 0 Å². The first-order chi connectivity index (χ1) is 12.0. The van der Waals surface area contributed by atoms with E-state index in [-0.39, 0.29) is 0 Å². The predicted octanol–water partition coefficient (Wildman–Crippen LogP) is 4.85. The summed E-state index contributed by atoms with van der Waals surface area (Å²) in [5, 5.41) is 20.6. The first kappa shape index (κ1) is 18.1. The van der Waals surface area contributed by atoms with E-state index in [9.17, 15) is 5.11 Å². The first-order valence-corrected chi connectivity index (χ1v) is 9.80. The molecule has 0 aliphatic carbocycles. The van der Waals surface area contributed by atoms with Gasteiger partial charge in [0.1, 0.15) is 0 Å². The molecule has 0 radical (unpaired) electrons. The van der Waals surface area contributed by atoms with Crippen LogP contribution in [0.4, 0.5) is 0 Å². The lowest BCUT2D eigenvalue weighted by Gasteiger charge is -2.23. The summed E-state index contributed by atoms with van der Waals surface area (Å²) in [5.41, 5.74) is 1.60. The molecule has 0 aliphatic heterocycles. The van der Waals surface area contributed by atoms with E-state index in [1.807, 2.05) is 36.1 Å². The van der Waals surface area contributed by atoms with Gasteiger partial charge in [0.15, 0.2) is 0 Å². The molecular weight excluding hydrogens is 328 g/mol. The van der Waals surface area contributed by atoms with Crippen molar-refractivity contribution >= 4 is 22.1 Å². The lowest BCUT2D eigenvalue weighted by molar-refractivity contribution is 0.0448. The predicted molar refractivity (Wildman–Crippen MR) is 106 cm³/mol. The Morgan fingerprint density at radius 2 is 2.12 bits per heavy atom. The Kier molecular flexibility index (Phi) is 5.84. The number of hydrogen-bond donors (Lipinski definition) is 2. The van der Waals surface area contributed by atoms with Crippen LogP contribution >= 0.6 is 11.3 Å². The second-order valence-corrected chi connectivity index (χ2v) is 7.80. The molecule has 0 aliphatic rings. The third-order valence-corrected chi connectivity index (χ3v) is 5.49. The molecule has 3 aromatic rings. The lowest BCUT2D eigenvalue weighted by atomic mass is 9.92. The maximum atomic E-state index is 10.6. The maximum absolute atomic E-state index is 10.6. The highest BCUT2D eigenvalue weighted by Gasteiger charge is 2.22. The zero-order valence-electron chi connectivity index (χ0n) is 14.9. The molecule has 0 saturated carbocycles. The zero-order valence-corrected chi connectivity index (χ0v) is 15.7. The topological polar surface area (TPSA) is 45.1 Å². The average molecular weight is 355 g/mol. The van der Waals surface area contributed by atoms with E-state index in [2.05, 4.69) is 41.5 Å². The van der Waals surface area contributed by atoms with Crippen LogP contribution in [0, 0.1) is 0 Å². The molecule has 0 spiro atoms. The third-order valence-electron chi connectivity index (χ3n) is 4.80. The van der Waals surface area contributed by atoms with Crippen LogP contribution in [0.1, 0.15) is 44.2 Å². The fourth-order valence-corrected chi connectivity index (χ4v) is 3.89. The van der Waals surface area contributed by atoms with Gasteiger partial charge in [-0.1, -0.05) is 12.1 Å². The van der Waals surface area contributed by atoms with Crippen molar-refractivity contribution in [2.24, 2.45) is 0 Å². The maximum Gasteiger partial charge on any atom is 0.0876 e. The van der Waals surface area contributed by atoms with Crippen LogP contribution < -0.4 is 5.32 Å². The molecule has 3 rings (SSSR count). The standard InChI is InChI=1S/C21H26N2OS/c1-16(4-3-9-21(2,24)20-8-11-25-15-20)23-13-17-5-6-19-14-22-10-7-18(19)12-17/h5-8,10-12,14-16,23-24H,3-4,9,13H2,1-2H3/t16-,21?/m1/s1. The fourth-order valence-electron chi connectivity index (χ4n) is 3.10. The van der Waals surface area contributed by atoms with Crippen LogP contribution in [-0.4, -0.2) is 16.1 Å². The summed E-state index contributed by atoms with van der Waals surface area (Å²) in [4.78, 5) is 4.15. The van der Waals surface area contributed by atoms with Gasteiger partial charge in [-0.2, -0.15) is 11.3 Å².